The lowest BCUT2D eigenvalue weighted by Crippen LogP contribution is -2.35. The molecular formula is C73H49N3. The van der Waals surface area contributed by atoms with Crippen LogP contribution in [0, 0.1) is 0 Å². The summed E-state index contributed by atoms with van der Waals surface area (Å²) in [6, 6.07) is 98.4. The molecule has 1 spiro atoms. The van der Waals surface area contributed by atoms with Gasteiger partial charge in [0.1, 0.15) is 0 Å². The van der Waals surface area contributed by atoms with E-state index in [1.165, 1.54) is 88.3 Å². The van der Waals surface area contributed by atoms with E-state index in [0.717, 1.165) is 45.0 Å². The minimum Gasteiger partial charge on any atom is -0.312 e. The normalized spacial score (nSPS) is 13.3. The van der Waals surface area contributed by atoms with Crippen molar-refractivity contribution in [2.75, 3.05) is 4.90 Å². The number of allylic oxidation sites excluding steroid dienone is 5. The fourth-order valence-corrected chi connectivity index (χ4v) is 13.0. The summed E-state index contributed by atoms with van der Waals surface area (Å²) in [6.07, 6.45) is 6.27. The first-order valence-corrected chi connectivity index (χ1v) is 26.2. The molecule has 0 radical (unpaired) electrons. The van der Waals surface area contributed by atoms with Crippen LogP contribution in [0.1, 0.15) is 22.3 Å². The van der Waals surface area contributed by atoms with Gasteiger partial charge in [0.15, 0.2) is 0 Å². The molecule has 3 nitrogen and oxygen atoms in total. The van der Waals surface area contributed by atoms with E-state index >= 15 is 0 Å². The second-order valence-electron chi connectivity index (χ2n) is 20.0. The van der Waals surface area contributed by atoms with Crippen LogP contribution in [0.25, 0.3) is 93.9 Å². The van der Waals surface area contributed by atoms with Crippen molar-refractivity contribution >= 4 is 60.6 Å². The van der Waals surface area contributed by atoms with Gasteiger partial charge < -0.3 is 14.0 Å². The summed E-state index contributed by atoms with van der Waals surface area (Å²) in [5, 5.41) is 4.96. The van der Waals surface area contributed by atoms with E-state index in [4.69, 9.17) is 0 Å². The molecule has 0 N–H and O–H groups in total. The number of rotatable bonds is 9. The Morgan fingerprint density at radius 3 is 1.45 bits per heavy atom. The predicted octanol–water partition coefficient (Wildman–Crippen LogP) is 18.8. The van der Waals surface area contributed by atoms with Crippen molar-refractivity contribution in [2.24, 2.45) is 0 Å². The number of benzene rings is 11. The number of nitrogens with zero attached hydrogens (tertiary/aromatic N) is 3. The first kappa shape index (κ1) is 43.6. The molecule has 15 rings (SSSR count). The highest BCUT2D eigenvalue weighted by Gasteiger charge is 2.54. The fraction of sp³-hybridized carbons (Fsp3) is 0.0137. The third-order valence-electron chi connectivity index (χ3n) is 16.1. The standard InChI is InChI=1S/C73H49N3/c1-2-3-25-62-59-28-12-17-34-66(59)73(64-32-15-10-26-57(64)58-27-11-16-33-65(58)73)72(62)74(54-43-38-49(39-44-54)51-42-47-61-60-29-13-18-35-67(60)76(70(61)48-51)53-23-8-5-9-24-53)55-45-40-50(41-46-55)56-31-20-37-69-71(56)63-30-14-19-36-68(63)75(69)52-21-6-4-7-22-52/h2-48H,1H2/b25-3-. The number of hydrogen-bond acceptors (Lipinski definition) is 1. The highest BCUT2D eigenvalue weighted by atomic mass is 15.2. The molecule has 0 fully saturated rings. The summed E-state index contributed by atoms with van der Waals surface area (Å²) in [4.78, 5) is 2.55. The second kappa shape index (κ2) is 17.3. The van der Waals surface area contributed by atoms with Crippen LogP contribution in [0.4, 0.5) is 11.4 Å². The summed E-state index contributed by atoms with van der Waals surface area (Å²) < 4.78 is 4.79. The lowest BCUT2D eigenvalue weighted by atomic mass is 9.71. The lowest BCUT2D eigenvalue weighted by Gasteiger charge is -2.39. The Morgan fingerprint density at radius 1 is 0.355 bits per heavy atom. The molecule has 0 saturated heterocycles. The summed E-state index contributed by atoms with van der Waals surface area (Å²) in [5.74, 6) is 0. The van der Waals surface area contributed by atoms with Crippen molar-refractivity contribution in [3.8, 4) is 44.8 Å². The van der Waals surface area contributed by atoms with Crippen LogP contribution in [0.5, 0.6) is 0 Å². The van der Waals surface area contributed by atoms with Gasteiger partial charge in [-0.05, 0) is 128 Å². The van der Waals surface area contributed by atoms with E-state index in [-0.39, 0.29) is 0 Å². The van der Waals surface area contributed by atoms with E-state index in [9.17, 15) is 0 Å². The number of anilines is 2. The minimum atomic E-state index is -0.650. The summed E-state index contributed by atoms with van der Waals surface area (Å²) in [5.41, 5.74) is 23.1. The number of hydrogen-bond donors (Lipinski definition) is 0. The maximum Gasteiger partial charge on any atom is 0.0881 e. The topological polar surface area (TPSA) is 13.1 Å². The van der Waals surface area contributed by atoms with Gasteiger partial charge in [0.25, 0.3) is 0 Å². The SMILES string of the molecule is C=C/C=C\C1=C(N(c2ccc(-c3ccc4c5ccccc5n(-c5ccccc5)c4c3)cc2)c2ccc(-c3cccc4c3c3ccccc3n4-c3ccccc3)cc2)C2(c3ccccc31)c1ccccc1-c1ccccc12. The largest absolute Gasteiger partial charge is 0.312 e. The molecule has 3 heteroatoms. The van der Waals surface area contributed by atoms with Crippen molar-refractivity contribution in [3.63, 3.8) is 0 Å². The van der Waals surface area contributed by atoms with Gasteiger partial charge in [0, 0.05) is 49.9 Å². The monoisotopic (exact) mass is 967 g/mol. The zero-order chi connectivity index (χ0) is 50.3. The molecule has 2 heterocycles. The zero-order valence-electron chi connectivity index (χ0n) is 41.7. The zero-order valence-corrected chi connectivity index (χ0v) is 41.7. The molecule has 76 heavy (non-hydrogen) atoms. The molecule has 11 aromatic carbocycles. The molecular weight excluding hydrogens is 919 g/mol. The minimum absolute atomic E-state index is 0.650. The average Bonchev–Trinajstić information content (AvgIpc) is 4.29. The Bertz CT molecular complexity index is 4470. The van der Waals surface area contributed by atoms with E-state index in [2.05, 4.69) is 300 Å². The molecule has 0 bridgehead atoms. The quantitative estimate of drug-likeness (QED) is 0.131. The van der Waals surface area contributed by atoms with E-state index in [1.807, 2.05) is 6.08 Å². The van der Waals surface area contributed by atoms with Gasteiger partial charge in [-0.15, -0.1) is 0 Å². The fourth-order valence-electron chi connectivity index (χ4n) is 13.0. The molecule has 0 aliphatic heterocycles. The van der Waals surface area contributed by atoms with Crippen LogP contribution in [0.3, 0.4) is 0 Å². The van der Waals surface area contributed by atoms with Crippen LogP contribution in [-0.4, -0.2) is 9.13 Å². The van der Waals surface area contributed by atoms with Crippen LogP contribution < -0.4 is 4.90 Å². The van der Waals surface area contributed by atoms with E-state index in [0.29, 0.717) is 0 Å². The molecule has 0 saturated carbocycles. The molecule has 0 atom stereocenters. The summed E-state index contributed by atoms with van der Waals surface area (Å²) in [7, 11) is 0. The highest BCUT2D eigenvalue weighted by molar-refractivity contribution is 6.16. The van der Waals surface area contributed by atoms with Gasteiger partial charge >= 0.3 is 0 Å². The Labute approximate surface area is 442 Å². The third kappa shape index (κ3) is 6.36. The molecule has 2 aliphatic carbocycles. The Morgan fingerprint density at radius 2 is 0.816 bits per heavy atom. The van der Waals surface area contributed by atoms with Crippen LogP contribution in [0.2, 0.25) is 0 Å². The van der Waals surface area contributed by atoms with Gasteiger partial charge in [0.2, 0.25) is 0 Å². The maximum absolute atomic E-state index is 4.19. The molecule has 2 aliphatic rings. The van der Waals surface area contributed by atoms with E-state index < -0.39 is 5.41 Å². The van der Waals surface area contributed by atoms with Crippen LogP contribution in [-0.2, 0) is 5.41 Å². The van der Waals surface area contributed by atoms with Crippen LogP contribution in [0.15, 0.2) is 297 Å². The van der Waals surface area contributed by atoms with Gasteiger partial charge in [-0.25, -0.2) is 0 Å². The van der Waals surface area contributed by atoms with Gasteiger partial charge in [-0.3, -0.25) is 0 Å². The Kier molecular flexibility index (Phi) is 9.95. The molecule has 0 unspecified atom stereocenters. The molecule has 0 amide bonds. The second-order valence-corrected chi connectivity index (χ2v) is 20.0. The first-order valence-electron chi connectivity index (χ1n) is 26.2. The lowest BCUT2D eigenvalue weighted by molar-refractivity contribution is 0.745. The summed E-state index contributed by atoms with van der Waals surface area (Å²) >= 11 is 0. The Balaban J connectivity index is 0.949. The predicted molar refractivity (Wildman–Crippen MR) is 319 cm³/mol. The van der Waals surface area contributed by atoms with Gasteiger partial charge in [-0.2, -0.15) is 0 Å². The third-order valence-corrected chi connectivity index (χ3v) is 16.1. The molecule has 356 valence electrons. The number of para-hydroxylation sites is 4. The van der Waals surface area contributed by atoms with Crippen molar-refractivity contribution in [1.82, 2.24) is 9.13 Å². The maximum atomic E-state index is 4.19. The highest BCUT2D eigenvalue weighted by Crippen LogP contribution is 2.64. The Hall–Kier alpha value is -9.96. The molecule has 13 aromatic rings. The van der Waals surface area contributed by atoms with Gasteiger partial charge in [0.05, 0.1) is 33.2 Å². The van der Waals surface area contributed by atoms with Crippen molar-refractivity contribution in [2.45, 2.75) is 5.41 Å². The smallest absolute Gasteiger partial charge is 0.0881 e. The summed E-state index contributed by atoms with van der Waals surface area (Å²) in [6.45, 7) is 4.19. The van der Waals surface area contributed by atoms with Crippen LogP contribution >= 0.6 is 0 Å². The van der Waals surface area contributed by atoms with Crippen molar-refractivity contribution in [1.29, 1.82) is 0 Å². The van der Waals surface area contributed by atoms with Gasteiger partial charge in [-0.1, -0.05) is 219 Å². The average molecular weight is 968 g/mol. The molecule has 2 aromatic heterocycles. The number of fused-ring (bicyclic) bond motifs is 13. The first-order chi connectivity index (χ1) is 37.7. The number of aromatic nitrogens is 2. The van der Waals surface area contributed by atoms with Crippen molar-refractivity contribution < 1.29 is 0 Å². The van der Waals surface area contributed by atoms with Crippen molar-refractivity contribution in [3.05, 3.63) is 320 Å². The van der Waals surface area contributed by atoms with E-state index in [1.54, 1.807) is 0 Å².